The molecule has 2 unspecified atom stereocenters. The molecule has 0 spiro atoms. The molecule has 1 saturated carbocycles. The predicted molar refractivity (Wildman–Crippen MR) is 67.0 cm³/mol. The van der Waals surface area contributed by atoms with E-state index in [9.17, 15) is 8.42 Å². The Bertz CT molecular complexity index is 531. The third kappa shape index (κ3) is 2.00. The first-order valence-corrected chi connectivity index (χ1v) is 7.47. The Morgan fingerprint density at radius 1 is 1.22 bits per heavy atom. The number of hydrogen-bond donors (Lipinski definition) is 2. The third-order valence-electron chi connectivity index (χ3n) is 3.75. The van der Waals surface area contributed by atoms with Gasteiger partial charge in [-0.15, -0.1) is 0 Å². The van der Waals surface area contributed by atoms with E-state index in [0.717, 1.165) is 13.1 Å². The molecular weight excluding hydrogens is 252 g/mol. The summed E-state index contributed by atoms with van der Waals surface area (Å²) in [7, 11) is -1.84. The number of methoxy groups -OCH3 is 1. The summed E-state index contributed by atoms with van der Waals surface area (Å²) in [5.41, 5.74) is 0. The van der Waals surface area contributed by atoms with Crippen molar-refractivity contribution >= 4 is 10.0 Å². The van der Waals surface area contributed by atoms with E-state index in [1.165, 1.54) is 0 Å². The van der Waals surface area contributed by atoms with Crippen molar-refractivity contribution in [3.05, 3.63) is 24.3 Å². The van der Waals surface area contributed by atoms with Crippen LogP contribution in [0.25, 0.3) is 0 Å². The van der Waals surface area contributed by atoms with Gasteiger partial charge in [0, 0.05) is 6.04 Å². The van der Waals surface area contributed by atoms with Crippen LogP contribution in [0.15, 0.2) is 29.2 Å². The second kappa shape index (κ2) is 4.22. The Kier molecular flexibility index (Phi) is 2.80. The number of nitrogens with one attached hydrogen (secondary N) is 2. The van der Waals surface area contributed by atoms with Gasteiger partial charge in [-0.1, -0.05) is 0 Å². The van der Waals surface area contributed by atoms with E-state index in [-0.39, 0.29) is 6.04 Å². The van der Waals surface area contributed by atoms with Crippen molar-refractivity contribution in [1.82, 2.24) is 10.0 Å². The van der Waals surface area contributed by atoms with Gasteiger partial charge in [-0.05, 0) is 49.2 Å². The molecule has 1 saturated heterocycles. The lowest BCUT2D eigenvalue weighted by molar-refractivity contribution is 0.414. The van der Waals surface area contributed by atoms with Gasteiger partial charge in [0.25, 0.3) is 0 Å². The largest absolute Gasteiger partial charge is 0.497 e. The predicted octanol–water partition coefficient (Wildman–Crippen LogP) is 0.191. The highest BCUT2D eigenvalue weighted by atomic mass is 32.2. The van der Waals surface area contributed by atoms with Gasteiger partial charge < -0.3 is 10.1 Å². The molecule has 2 aliphatic rings. The molecule has 0 amide bonds. The van der Waals surface area contributed by atoms with E-state index in [2.05, 4.69) is 10.0 Å². The van der Waals surface area contributed by atoms with Crippen molar-refractivity contribution in [2.75, 3.05) is 20.2 Å². The van der Waals surface area contributed by atoms with Gasteiger partial charge in [-0.3, -0.25) is 0 Å². The first kappa shape index (κ1) is 12.0. The molecule has 1 aliphatic carbocycles. The minimum atomic E-state index is -3.40. The van der Waals surface area contributed by atoms with Crippen molar-refractivity contribution in [2.45, 2.75) is 10.9 Å². The maximum atomic E-state index is 12.1. The molecule has 18 heavy (non-hydrogen) atoms. The van der Waals surface area contributed by atoms with Crippen molar-refractivity contribution in [1.29, 1.82) is 0 Å². The van der Waals surface area contributed by atoms with Gasteiger partial charge in [-0.2, -0.15) is 0 Å². The quantitative estimate of drug-likeness (QED) is 0.818. The average Bonchev–Trinajstić information content (AvgIpc) is 2.80. The topological polar surface area (TPSA) is 67.4 Å². The molecule has 1 aromatic carbocycles. The summed E-state index contributed by atoms with van der Waals surface area (Å²) in [6.07, 6.45) is 0. The molecule has 2 N–H and O–H groups in total. The van der Waals surface area contributed by atoms with E-state index in [1.54, 1.807) is 31.4 Å². The monoisotopic (exact) mass is 268 g/mol. The minimum Gasteiger partial charge on any atom is -0.497 e. The van der Waals surface area contributed by atoms with E-state index in [4.69, 9.17) is 4.74 Å². The van der Waals surface area contributed by atoms with E-state index >= 15 is 0 Å². The number of sulfonamides is 1. The highest BCUT2D eigenvalue weighted by molar-refractivity contribution is 7.89. The van der Waals surface area contributed by atoms with Crippen LogP contribution in [0.2, 0.25) is 0 Å². The van der Waals surface area contributed by atoms with Gasteiger partial charge in [0.05, 0.1) is 12.0 Å². The lowest BCUT2D eigenvalue weighted by atomic mass is 10.3. The van der Waals surface area contributed by atoms with Crippen LogP contribution in [0.5, 0.6) is 5.75 Å². The summed E-state index contributed by atoms with van der Waals surface area (Å²) < 4.78 is 32.1. The lowest BCUT2D eigenvalue weighted by Crippen LogP contribution is -2.32. The van der Waals surface area contributed by atoms with Crippen LogP contribution in [-0.2, 0) is 10.0 Å². The zero-order valence-electron chi connectivity index (χ0n) is 10.1. The summed E-state index contributed by atoms with van der Waals surface area (Å²) >= 11 is 0. The lowest BCUT2D eigenvalue weighted by Gasteiger charge is -2.09. The minimum absolute atomic E-state index is 0.110. The fourth-order valence-corrected chi connectivity index (χ4v) is 3.93. The molecule has 0 bridgehead atoms. The molecule has 98 valence electrons. The maximum absolute atomic E-state index is 12.1. The number of fused-ring (bicyclic) bond motifs is 1. The fraction of sp³-hybridized carbons (Fsp3) is 0.500. The van der Waals surface area contributed by atoms with E-state index in [0.29, 0.717) is 22.5 Å². The molecule has 2 atom stereocenters. The molecule has 1 aliphatic heterocycles. The second-order valence-corrected chi connectivity index (χ2v) is 6.52. The van der Waals surface area contributed by atoms with Gasteiger partial charge in [0.1, 0.15) is 5.75 Å². The summed E-state index contributed by atoms with van der Waals surface area (Å²) in [4.78, 5) is 0.293. The molecule has 0 aromatic heterocycles. The van der Waals surface area contributed by atoms with Crippen LogP contribution < -0.4 is 14.8 Å². The summed E-state index contributed by atoms with van der Waals surface area (Å²) in [6.45, 7) is 1.83. The van der Waals surface area contributed by atoms with Crippen LogP contribution >= 0.6 is 0 Å². The number of piperidine rings is 1. The number of rotatable bonds is 4. The van der Waals surface area contributed by atoms with Crippen LogP contribution in [0, 0.1) is 11.8 Å². The number of ether oxygens (including phenoxy) is 1. The number of benzene rings is 1. The van der Waals surface area contributed by atoms with Gasteiger partial charge in [0.2, 0.25) is 10.0 Å². The smallest absolute Gasteiger partial charge is 0.240 e. The average molecular weight is 268 g/mol. The Hall–Kier alpha value is -1.11. The highest BCUT2D eigenvalue weighted by Gasteiger charge is 2.54. The van der Waals surface area contributed by atoms with Crippen LogP contribution in [0.3, 0.4) is 0 Å². The summed E-state index contributed by atoms with van der Waals surface area (Å²) in [5.74, 6) is 1.59. The van der Waals surface area contributed by atoms with E-state index < -0.39 is 10.0 Å². The Balaban J connectivity index is 1.73. The van der Waals surface area contributed by atoms with Crippen molar-refractivity contribution in [3.8, 4) is 5.75 Å². The van der Waals surface area contributed by atoms with Crippen LogP contribution in [-0.4, -0.2) is 34.7 Å². The van der Waals surface area contributed by atoms with Gasteiger partial charge in [-0.25, -0.2) is 13.1 Å². The first-order valence-electron chi connectivity index (χ1n) is 5.99. The molecule has 2 fully saturated rings. The van der Waals surface area contributed by atoms with Crippen molar-refractivity contribution < 1.29 is 13.2 Å². The summed E-state index contributed by atoms with van der Waals surface area (Å²) in [5, 5.41) is 3.24. The molecule has 6 heteroatoms. The first-order chi connectivity index (χ1) is 8.62. The molecule has 1 heterocycles. The Morgan fingerprint density at radius 3 is 2.39 bits per heavy atom. The van der Waals surface area contributed by atoms with Crippen molar-refractivity contribution in [3.63, 3.8) is 0 Å². The van der Waals surface area contributed by atoms with E-state index in [1.807, 2.05) is 0 Å². The zero-order valence-corrected chi connectivity index (χ0v) is 10.9. The fourth-order valence-electron chi connectivity index (χ4n) is 2.60. The summed E-state index contributed by atoms with van der Waals surface area (Å²) in [6, 6.07) is 6.56. The standard InChI is InChI=1S/C12H16N2O3S/c1-17-8-2-4-9(5-3-8)18(15,16)14-12-10-6-13-7-11(10)12/h2-5,10-14H,6-7H2,1H3. The maximum Gasteiger partial charge on any atom is 0.240 e. The molecule has 5 nitrogen and oxygen atoms in total. The zero-order chi connectivity index (χ0) is 12.8. The molecule has 3 rings (SSSR count). The second-order valence-electron chi connectivity index (χ2n) is 4.81. The van der Waals surface area contributed by atoms with Crippen molar-refractivity contribution in [2.24, 2.45) is 11.8 Å². The Morgan fingerprint density at radius 2 is 1.83 bits per heavy atom. The normalized spacial score (nSPS) is 29.9. The van der Waals surface area contributed by atoms with Crippen LogP contribution in [0.1, 0.15) is 0 Å². The Labute approximate surface area is 107 Å². The number of hydrogen-bond acceptors (Lipinski definition) is 4. The van der Waals surface area contributed by atoms with Crippen LogP contribution in [0.4, 0.5) is 0 Å². The SMILES string of the molecule is COc1ccc(S(=O)(=O)NC2C3CNCC32)cc1. The third-order valence-corrected chi connectivity index (χ3v) is 5.23. The highest BCUT2D eigenvalue weighted by Crippen LogP contribution is 2.42. The molecule has 0 radical (unpaired) electrons. The molecular formula is C12H16N2O3S. The van der Waals surface area contributed by atoms with Gasteiger partial charge in [0.15, 0.2) is 0 Å². The molecule has 1 aromatic rings. The van der Waals surface area contributed by atoms with Gasteiger partial charge >= 0.3 is 0 Å².